The molecule has 0 saturated carbocycles. The Hall–Kier alpha value is -3.78. The van der Waals surface area contributed by atoms with Crippen LogP contribution in [0.4, 0.5) is 4.39 Å². The Kier molecular flexibility index (Phi) is 7.67. The van der Waals surface area contributed by atoms with E-state index < -0.39 is 11.8 Å². The normalized spacial score (nSPS) is 10.5. The van der Waals surface area contributed by atoms with Crippen LogP contribution in [0.25, 0.3) is 0 Å². The Morgan fingerprint density at radius 1 is 1.06 bits per heavy atom. The molecular formula is C23H20FN3O3S. The summed E-state index contributed by atoms with van der Waals surface area (Å²) in [5, 5.41) is 7.54. The number of methoxy groups -OCH3 is 1. The first-order chi connectivity index (χ1) is 15.0. The Morgan fingerprint density at radius 3 is 2.52 bits per heavy atom. The number of ether oxygens (including phenoxy) is 2. The second-order valence-corrected chi connectivity index (χ2v) is 6.75. The molecule has 0 heterocycles. The third kappa shape index (κ3) is 6.61. The zero-order valence-corrected chi connectivity index (χ0v) is 17.5. The highest BCUT2D eigenvalue weighted by atomic mass is 32.1. The molecule has 0 bridgehead atoms. The fourth-order valence-corrected chi connectivity index (χ4v) is 2.70. The standard InChI is InChI=1S/C23H20FN3O3S/c1-29-21-13-17(15-26-27-23(31)25-14-16-5-3-2-4-6-16)7-12-20(21)30-22(28)18-8-10-19(24)11-9-18/h2-13,15H,14H2,1H3,(H2,25,27,31). The maximum atomic E-state index is 13.0. The van der Waals surface area contributed by atoms with E-state index in [2.05, 4.69) is 15.8 Å². The highest BCUT2D eigenvalue weighted by molar-refractivity contribution is 7.80. The van der Waals surface area contributed by atoms with Gasteiger partial charge in [0.25, 0.3) is 0 Å². The molecule has 0 fully saturated rings. The summed E-state index contributed by atoms with van der Waals surface area (Å²) in [5.74, 6) is -0.455. The van der Waals surface area contributed by atoms with Gasteiger partial charge in [0.15, 0.2) is 16.6 Å². The molecule has 3 rings (SSSR count). The maximum Gasteiger partial charge on any atom is 0.343 e. The van der Waals surface area contributed by atoms with Gasteiger partial charge in [0, 0.05) is 6.54 Å². The number of hydrogen-bond donors (Lipinski definition) is 2. The van der Waals surface area contributed by atoms with Crippen molar-refractivity contribution in [2.24, 2.45) is 5.10 Å². The second kappa shape index (κ2) is 10.8. The van der Waals surface area contributed by atoms with Crippen LogP contribution in [0.5, 0.6) is 11.5 Å². The number of hydrogen-bond acceptors (Lipinski definition) is 5. The number of nitrogens with one attached hydrogen (secondary N) is 2. The van der Waals surface area contributed by atoms with Crippen molar-refractivity contribution in [2.75, 3.05) is 7.11 Å². The number of halogens is 1. The topological polar surface area (TPSA) is 71.9 Å². The zero-order valence-electron chi connectivity index (χ0n) is 16.7. The van der Waals surface area contributed by atoms with Crippen molar-refractivity contribution in [1.82, 2.24) is 10.7 Å². The predicted molar refractivity (Wildman–Crippen MR) is 121 cm³/mol. The number of esters is 1. The van der Waals surface area contributed by atoms with Gasteiger partial charge in [0.05, 0.1) is 18.9 Å². The minimum atomic E-state index is -0.615. The van der Waals surface area contributed by atoms with Crippen LogP contribution in [0.3, 0.4) is 0 Å². The summed E-state index contributed by atoms with van der Waals surface area (Å²) in [5.41, 5.74) is 4.78. The molecule has 0 aliphatic carbocycles. The van der Waals surface area contributed by atoms with E-state index >= 15 is 0 Å². The van der Waals surface area contributed by atoms with Crippen LogP contribution >= 0.6 is 12.2 Å². The molecule has 0 saturated heterocycles. The average Bonchev–Trinajstić information content (AvgIpc) is 2.79. The van der Waals surface area contributed by atoms with E-state index in [1.165, 1.54) is 31.4 Å². The maximum absolute atomic E-state index is 13.0. The van der Waals surface area contributed by atoms with E-state index in [0.717, 1.165) is 5.56 Å². The fraction of sp³-hybridized carbons (Fsp3) is 0.0870. The summed E-state index contributed by atoms with van der Waals surface area (Å²) in [6.07, 6.45) is 1.56. The smallest absolute Gasteiger partial charge is 0.343 e. The lowest BCUT2D eigenvalue weighted by molar-refractivity contribution is 0.0729. The van der Waals surface area contributed by atoms with Gasteiger partial charge in [-0.1, -0.05) is 30.3 Å². The van der Waals surface area contributed by atoms with Gasteiger partial charge in [-0.25, -0.2) is 9.18 Å². The first-order valence-electron chi connectivity index (χ1n) is 9.32. The number of thiocarbonyl (C=S) groups is 1. The highest BCUT2D eigenvalue weighted by Gasteiger charge is 2.13. The molecule has 0 atom stereocenters. The van der Waals surface area contributed by atoms with Crippen molar-refractivity contribution in [3.8, 4) is 11.5 Å². The average molecular weight is 437 g/mol. The Bertz CT molecular complexity index is 1070. The van der Waals surface area contributed by atoms with Gasteiger partial charge in [-0.15, -0.1) is 0 Å². The fourth-order valence-electron chi connectivity index (χ4n) is 2.58. The van der Waals surface area contributed by atoms with Crippen LogP contribution in [-0.4, -0.2) is 24.4 Å². The van der Waals surface area contributed by atoms with Gasteiger partial charge in [-0.3, -0.25) is 5.43 Å². The summed E-state index contributed by atoms with van der Waals surface area (Å²) in [6, 6.07) is 19.9. The monoisotopic (exact) mass is 437 g/mol. The van der Waals surface area contributed by atoms with Gasteiger partial charge >= 0.3 is 5.97 Å². The van der Waals surface area contributed by atoms with Gasteiger partial charge in [0.1, 0.15) is 5.82 Å². The van der Waals surface area contributed by atoms with Crippen LogP contribution in [0.15, 0.2) is 77.9 Å². The summed E-state index contributed by atoms with van der Waals surface area (Å²) in [6.45, 7) is 0.587. The molecule has 0 amide bonds. The third-order valence-electron chi connectivity index (χ3n) is 4.15. The molecule has 6 nitrogen and oxygen atoms in total. The van der Waals surface area contributed by atoms with Gasteiger partial charge in [0.2, 0.25) is 0 Å². The van der Waals surface area contributed by atoms with Crippen LogP contribution < -0.4 is 20.2 Å². The number of carbonyl (C=O) groups is 1. The lowest BCUT2D eigenvalue weighted by atomic mass is 10.2. The lowest BCUT2D eigenvalue weighted by Gasteiger charge is -2.10. The van der Waals surface area contributed by atoms with E-state index in [1.54, 1.807) is 24.4 Å². The first kappa shape index (κ1) is 21.9. The first-order valence-corrected chi connectivity index (χ1v) is 9.72. The molecule has 3 aromatic rings. The van der Waals surface area contributed by atoms with Crippen LogP contribution in [0.1, 0.15) is 21.5 Å². The number of benzene rings is 3. The van der Waals surface area contributed by atoms with E-state index in [0.29, 0.717) is 23.0 Å². The molecule has 31 heavy (non-hydrogen) atoms. The number of rotatable bonds is 7. The van der Waals surface area contributed by atoms with Crippen LogP contribution in [0.2, 0.25) is 0 Å². The summed E-state index contributed by atoms with van der Waals surface area (Å²) in [7, 11) is 1.46. The van der Waals surface area contributed by atoms with Gasteiger partial charge in [-0.05, 0) is 65.8 Å². The quantitative estimate of drug-likeness (QED) is 0.191. The van der Waals surface area contributed by atoms with Crippen molar-refractivity contribution in [1.29, 1.82) is 0 Å². The molecule has 0 unspecified atom stereocenters. The molecule has 0 aromatic heterocycles. The lowest BCUT2D eigenvalue weighted by Crippen LogP contribution is -2.31. The van der Waals surface area contributed by atoms with Gasteiger partial charge < -0.3 is 14.8 Å². The third-order valence-corrected chi connectivity index (χ3v) is 4.38. The van der Waals surface area contributed by atoms with Crippen molar-refractivity contribution in [3.63, 3.8) is 0 Å². The highest BCUT2D eigenvalue weighted by Crippen LogP contribution is 2.28. The minimum absolute atomic E-state index is 0.231. The van der Waals surface area contributed by atoms with E-state index in [9.17, 15) is 9.18 Å². The Labute approximate surface area is 184 Å². The van der Waals surface area contributed by atoms with E-state index in [4.69, 9.17) is 21.7 Å². The second-order valence-electron chi connectivity index (χ2n) is 6.34. The van der Waals surface area contributed by atoms with Gasteiger partial charge in [-0.2, -0.15) is 5.10 Å². The number of carbonyl (C=O) groups excluding carboxylic acids is 1. The van der Waals surface area contributed by atoms with Crippen molar-refractivity contribution in [2.45, 2.75) is 6.54 Å². The van der Waals surface area contributed by atoms with Crippen LogP contribution in [0, 0.1) is 5.82 Å². The Morgan fingerprint density at radius 2 is 1.81 bits per heavy atom. The molecule has 2 N–H and O–H groups in total. The molecule has 3 aromatic carbocycles. The molecule has 158 valence electrons. The molecule has 0 aliphatic heterocycles. The number of nitrogens with zero attached hydrogens (tertiary/aromatic N) is 1. The summed E-state index contributed by atoms with van der Waals surface area (Å²) in [4.78, 5) is 12.2. The SMILES string of the molecule is COc1cc(C=NNC(=S)NCc2ccccc2)ccc1OC(=O)c1ccc(F)cc1. The van der Waals surface area contributed by atoms with E-state index in [-0.39, 0.29) is 11.3 Å². The zero-order chi connectivity index (χ0) is 22.1. The van der Waals surface area contributed by atoms with Crippen molar-refractivity contribution >= 4 is 29.5 Å². The largest absolute Gasteiger partial charge is 0.493 e. The predicted octanol–water partition coefficient (Wildman–Crippen LogP) is 4.05. The molecule has 0 spiro atoms. The van der Waals surface area contributed by atoms with Crippen molar-refractivity contribution < 1.29 is 18.7 Å². The molecule has 0 radical (unpaired) electrons. The van der Waals surface area contributed by atoms with E-state index in [1.807, 2.05) is 30.3 Å². The molecule has 8 heteroatoms. The minimum Gasteiger partial charge on any atom is -0.493 e. The molecular weight excluding hydrogens is 417 g/mol. The Balaban J connectivity index is 1.56. The summed E-state index contributed by atoms with van der Waals surface area (Å²) < 4.78 is 23.7. The van der Waals surface area contributed by atoms with Crippen molar-refractivity contribution in [3.05, 3.63) is 95.3 Å². The summed E-state index contributed by atoms with van der Waals surface area (Å²) >= 11 is 5.20. The van der Waals surface area contributed by atoms with Crippen LogP contribution in [-0.2, 0) is 6.54 Å². The number of hydrazone groups is 1. The molecule has 0 aliphatic rings.